The second-order valence-electron chi connectivity index (χ2n) is 17.2. The Labute approximate surface area is 388 Å². The third kappa shape index (κ3) is 6.59. The van der Waals surface area contributed by atoms with Crippen molar-refractivity contribution < 1.29 is 4.42 Å². The zero-order valence-corrected chi connectivity index (χ0v) is 36.6. The molecule has 0 aliphatic heterocycles. The lowest BCUT2D eigenvalue weighted by Crippen LogP contribution is -2.12. The molecular weight excluding hydrogens is 813 g/mol. The average Bonchev–Trinajstić information content (AvgIpc) is 3.95. The number of anilines is 3. The lowest BCUT2D eigenvalue weighted by atomic mass is 9.95. The van der Waals surface area contributed by atoms with Gasteiger partial charge in [0.2, 0.25) is 0 Å². The molecule has 11 aromatic carbocycles. The zero-order valence-electron chi connectivity index (χ0n) is 36.6. The van der Waals surface area contributed by atoms with E-state index in [4.69, 9.17) is 4.42 Å². The topological polar surface area (TPSA) is 21.3 Å². The summed E-state index contributed by atoms with van der Waals surface area (Å²) in [5.41, 5.74) is 18.0. The molecule has 0 amide bonds. The Hall–Kier alpha value is -8.92. The quantitative estimate of drug-likeness (QED) is 0.152. The van der Waals surface area contributed by atoms with Gasteiger partial charge in [-0.05, 0) is 111 Å². The molecule has 0 aliphatic carbocycles. The summed E-state index contributed by atoms with van der Waals surface area (Å²) in [4.78, 5) is 2.42. The molecule has 0 atom stereocenters. The van der Waals surface area contributed by atoms with E-state index in [1.807, 2.05) is 12.1 Å². The molecule has 67 heavy (non-hydrogen) atoms. The first-order chi connectivity index (χ1) is 33.2. The van der Waals surface area contributed by atoms with Gasteiger partial charge in [-0.25, -0.2) is 0 Å². The zero-order chi connectivity index (χ0) is 44.3. The Morgan fingerprint density at radius 3 is 1.58 bits per heavy atom. The average molecular weight is 855 g/mol. The van der Waals surface area contributed by atoms with Gasteiger partial charge < -0.3 is 13.9 Å². The molecule has 0 bridgehead atoms. The van der Waals surface area contributed by atoms with Crippen LogP contribution in [0.3, 0.4) is 0 Å². The van der Waals surface area contributed by atoms with E-state index in [1.165, 1.54) is 49.4 Å². The molecule has 13 aromatic rings. The third-order valence-electron chi connectivity index (χ3n) is 13.4. The third-order valence-corrected chi connectivity index (χ3v) is 13.4. The first kappa shape index (κ1) is 38.5. The Morgan fingerprint density at radius 2 is 0.836 bits per heavy atom. The standard InChI is InChI=1S/C64H42N2O/c1-2-15-46(16-3-1)52-19-6-10-25-59(52)65(62-40-39-51(53-20-4-5-21-54(53)62)48-35-38-58-57-24-9-13-28-63(57)67-64(58)42-48)49-36-33-44(34-37-49)43-29-31-45(32-30-43)47-17-14-18-50(41-47)66-60-26-11-7-22-55(60)56-23-8-12-27-61(56)66/h1-42H. The molecule has 13 rings (SSSR count). The fraction of sp³-hybridized carbons (Fsp3) is 0. The van der Waals surface area contributed by atoms with Crippen LogP contribution in [-0.4, -0.2) is 4.57 Å². The highest BCUT2D eigenvalue weighted by Gasteiger charge is 2.21. The van der Waals surface area contributed by atoms with E-state index in [1.54, 1.807) is 0 Å². The van der Waals surface area contributed by atoms with Crippen molar-refractivity contribution in [2.45, 2.75) is 0 Å². The van der Waals surface area contributed by atoms with Crippen LogP contribution in [0.25, 0.3) is 105 Å². The van der Waals surface area contributed by atoms with Gasteiger partial charge in [-0.2, -0.15) is 0 Å². The van der Waals surface area contributed by atoms with Crippen LogP contribution in [-0.2, 0) is 0 Å². The molecule has 2 heterocycles. The van der Waals surface area contributed by atoms with Crippen LogP contribution >= 0.6 is 0 Å². The minimum Gasteiger partial charge on any atom is -0.456 e. The molecule has 0 spiro atoms. The highest BCUT2D eigenvalue weighted by Crippen LogP contribution is 2.46. The molecule has 0 saturated heterocycles. The van der Waals surface area contributed by atoms with Crippen molar-refractivity contribution >= 4 is 71.6 Å². The fourth-order valence-corrected chi connectivity index (χ4v) is 10.2. The second kappa shape index (κ2) is 16.0. The number of aromatic nitrogens is 1. The van der Waals surface area contributed by atoms with E-state index in [0.29, 0.717) is 0 Å². The molecule has 314 valence electrons. The van der Waals surface area contributed by atoms with Crippen LogP contribution in [0.4, 0.5) is 17.1 Å². The van der Waals surface area contributed by atoms with Crippen molar-refractivity contribution in [3.8, 4) is 50.2 Å². The summed E-state index contributed by atoms with van der Waals surface area (Å²) in [5.74, 6) is 0. The summed E-state index contributed by atoms with van der Waals surface area (Å²) in [6.07, 6.45) is 0. The number of rotatable bonds is 8. The van der Waals surface area contributed by atoms with Crippen molar-refractivity contribution in [3.05, 3.63) is 255 Å². The number of nitrogens with zero attached hydrogens (tertiary/aromatic N) is 2. The fourth-order valence-electron chi connectivity index (χ4n) is 10.2. The Balaban J connectivity index is 0.879. The van der Waals surface area contributed by atoms with E-state index in [0.717, 1.165) is 72.3 Å². The number of hydrogen-bond acceptors (Lipinski definition) is 2. The maximum Gasteiger partial charge on any atom is 0.136 e. The summed E-state index contributed by atoms with van der Waals surface area (Å²) in [7, 11) is 0. The minimum atomic E-state index is 0.893. The van der Waals surface area contributed by atoms with E-state index in [2.05, 4.69) is 252 Å². The summed E-state index contributed by atoms with van der Waals surface area (Å²) < 4.78 is 8.74. The monoisotopic (exact) mass is 854 g/mol. The molecule has 0 fully saturated rings. The van der Waals surface area contributed by atoms with Crippen LogP contribution < -0.4 is 4.90 Å². The maximum atomic E-state index is 6.36. The van der Waals surface area contributed by atoms with Crippen molar-refractivity contribution in [3.63, 3.8) is 0 Å². The van der Waals surface area contributed by atoms with Gasteiger partial charge in [0.1, 0.15) is 11.2 Å². The van der Waals surface area contributed by atoms with Crippen LogP contribution in [0.5, 0.6) is 0 Å². The predicted octanol–water partition coefficient (Wildman–Crippen LogP) is 18.0. The Bertz CT molecular complexity index is 3920. The molecular formula is C64H42N2O. The first-order valence-corrected chi connectivity index (χ1v) is 22.9. The number of fused-ring (bicyclic) bond motifs is 7. The largest absolute Gasteiger partial charge is 0.456 e. The van der Waals surface area contributed by atoms with Crippen LogP contribution in [0.2, 0.25) is 0 Å². The molecule has 0 saturated carbocycles. The van der Waals surface area contributed by atoms with E-state index in [-0.39, 0.29) is 0 Å². The van der Waals surface area contributed by atoms with E-state index >= 15 is 0 Å². The highest BCUT2D eigenvalue weighted by atomic mass is 16.3. The molecule has 0 N–H and O–H groups in total. The number of para-hydroxylation sites is 4. The van der Waals surface area contributed by atoms with Gasteiger partial charge in [-0.1, -0.05) is 188 Å². The number of hydrogen-bond donors (Lipinski definition) is 0. The smallest absolute Gasteiger partial charge is 0.136 e. The number of benzene rings is 11. The molecule has 3 nitrogen and oxygen atoms in total. The van der Waals surface area contributed by atoms with Gasteiger partial charge in [0.05, 0.1) is 22.4 Å². The molecule has 0 aliphatic rings. The molecule has 0 unspecified atom stereocenters. The molecule has 2 aromatic heterocycles. The van der Waals surface area contributed by atoms with Gasteiger partial charge in [0.25, 0.3) is 0 Å². The van der Waals surface area contributed by atoms with Crippen LogP contribution in [0.1, 0.15) is 0 Å². The lowest BCUT2D eigenvalue weighted by Gasteiger charge is -2.29. The predicted molar refractivity (Wildman–Crippen MR) is 282 cm³/mol. The summed E-state index contributed by atoms with van der Waals surface area (Å²) >= 11 is 0. The van der Waals surface area contributed by atoms with Crippen molar-refractivity contribution in [1.29, 1.82) is 0 Å². The molecule has 3 heteroatoms. The molecule has 0 radical (unpaired) electrons. The normalized spacial score (nSPS) is 11.6. The summed E-state index contributed by atoms with van der Waals surface area (Å²) in [6, 6.07) is 91.9. The first-order valence-electron chi connectivity index (χ1n) is 22.9. The van der Waals surface area contributed by atoms with Gasteiger partial charge in [0, 0.05) is 43.9 Å². The van der Waals surface area contributed by atoms with Gasteiger partial charge in [0.15, 0.2) is 0 Å². The van der Waals surface area contributed by atoms with Crippen molar-refractivity contribution in [2.75, 3.05) is 4.90 Å². The van der Waals surface area contributed by atoms with Gasteiger partial charge in [-0.3, -0.25) is 0 Å². The van der Waals surface area contributed by atoms with Gasteiger partial charge in [-0.15, -0.1) is 0 Å². The minimum absolute atomic E-state index is 0.893. The lowest BCUT2D eigenvalue weighted by molar-refractivity contribution is 0.669. The Morgan fingerprint density at radius 1 is 0.284 bits per heavy atom. The second-order valence-corrected chi connectivity index (χ2v) is 17.2. The summed E-state index contributed by atoms with van der Waals surface area (Å²) in [6.45, 7) is 0. The SMILES string of the molecule is c1ccc(-c2ccccc2N(c2ccc(-c3ccc(-c4cccc(-n5c6ccccc6c6ccccc65)c4)cc3)cc2)c2ccc(-c3ccc4c(c3)oc3ccccc34)c3ccccc23)cc1. The summed E-state index contributed by atoms with van der Waals surface area (Å²) in [5, 5.41) is 7.14. The van der Waals surface area contributed by atoms with E-state index in [9.17, 15) is 0 Å². The van der Waals surface area contributed by atoms with Crippen LogP contribution in [0, 0.1) is 0 Å². The van der Waals surface area contributed by atoms with Crippen molar-refractivity contribution in [2.24, 2.45) is 0 Å². The van der Waals surface area contributed by atoms with Gasteiger partial charge >= 0.3 is 0 Å². The Kier molecular flexibility index (Phi) is 9.17. The maximum absolute atomic E-state index is 6.36. The van der Waals surface area contributed by atoms with Crippen LogP contribution in [0.15, 0.2) is 259 Å². The highest BCUT2D eigenvalue weighted by molar-refractivity contribution is 6.11. The number of furan rings is 1. The van der Waals surface area contributed by atoms with Crippen molar-refractivity contribution in [1.82, 2.24) is 4.57 Å². The van der Waals surface area contributed by atoms with E-state index < -0.39 is 0 Å².